The fourth-order valence-corrected chi connectivity index (χ4v) is 1.70. The average Bonchev–Trinajstić information content (AvgIpc) is 2.70. The molecule has 0 heterocycles. The fraction of sp³-hybridized carbons (Fsp3) is 0.500. The molecule has 19 heavy (non-hydrogen) atoms. The second-order valence-electron chi connectivity index (χ2n) is 4.77. The van der Waals surface area contributed by atoms with E-state index in [1.165, 1.54) is 33.4 Å². The molecule has 0 fully saturated rings. The van der Waals surface area contributed by atoms with Gasteiger partial charge < -0.3 is 0 Å². The van der Waals surface area contributed by atoms with Crippen molar-refractivity contribution in [2.75, 3.05) is 0 Å². The predicted octanol–water partition coefficient (Wildman–Crippen LogP) is 5.79. The van der Waals surface area contributed by atoms with Crippen molar-refractivity contribution in [3.05, 3.63) is 45.6 Å². The van der Waals surface area contributed by atoms with Crippen LogP contribution in [0.2, 0.25) is 0 Å². The van der Waals surface area contributed by atoms with E-state index in [1.807, 2.05) is 0 Å². The molecule has 0 aliphatic heterocycles. The number of rotatable bonds is 0. The van der Waals surface area contributed by atoms with E-state index in [9.17, 15) is 0 Å². The summed E-state index contributed by atoms with van der Waals surface area (Å²) in [5.41, 5.74) is 8.49. The van der Waals surface area contributed by atoms with E-state index >= 15 is 0 Å². The number of halogens is 2. The number of allylic oxidation sites excluding steroid dienone is 8. The molecule has 0 spiro atoms. The molecule has 2 aliphatic rings. The van der Waals surface area contributed by atoms with Crippen LogP contribution in [0.3, 0.4) is 0 Å². The molecule has 2 rings (SSSR count). The van der Waals surface area contributed by atoms with Crippen LogP contribution in [0, 0.1) is 12.2 Å². The Labute approximate surface area is 146 Å². The largest absolute Gasteiger partial charge is 2.00 e. The molecule has 0 saturated carbocycles. The Bertz CT molecular complexity index is 361. The van der Waals surface area contributed by atoms with Crippen LogP contribution in [0.1, 0.15) is 54.4 Å². The molecule has 0 bridgehead atoms. The smallest absolute Gasteiger partial charge is 0.269 e. The average molecular weight is 335 g/mol. The van der Waals surface area contributed by atoms with E-state index in [1.54, 1.807) is 0 Å². The van der Waals surface area contributed by atoms with Crippen LogP contribution in [-0.4, -0.2) is 0 Å². The minimum absolute atomic E-state index is 0. The van der Waals surface area contributed by atoms with E-state index < -0.39 is 0 Å². The normalized spacial score (nSPS) is 16.5. The Balaban J connectivity index is -0.000000233. The molecule has 0 unspecified atom stereocenters. The van der Waals surface area contributed by atoms with Gasteiger partial charge in [-0.2, -0.15) is 22.3 Å². The molecule has 3 heteroatoms. The van der Waals surface area contributed by atoms with Gasteiger partial charge in [-0.3, -0.25) is 12.2 Å². The molecule has 0 aromatic rings. The Morgan fingerprint density at radius 2 is 0.895 bits per heavy atom. The Morgan fingerprint density at radius 1 is 0.632 bits per heavy atom. The first-order chi connectivity index (χ1) is 7.43. The zero-order valence-corrected chi connectivity index (χ0v) is 15.9. The van der Waals surface area contributed by atoms with Gasteiger partial charge in [0.25, 0.3) is 0 Å². The zero-order chi connectivity index (χ0) is 12.3. The third-order valence-corrected chi connectivity index (χ3v) is 3.64. The summed E-state index contributed by atoms with van der Waals surface area (Å²) >= 11 is 0. The minimum atomic E-state index is 0. The van der Waals surface area contributed by atoms with Gasteiger partial charge in [0.05, 0.1) is 0 Å². The van der Waals surface area contributed by atoms with Crippen LogP contribution < -0.4 is 0 Å². The molecular weight excluding hydrogens is 311 g/mol. The van der Waals surface area contributed by atoms with Gasteiger partial charge in [0.15, 0.2) is 0 Å². The molecule has 106 valence electrons. The summed E-state index contributed by atoms with van der Waals surface area (Å²) in [7, 11) is 0. The van der Waals surface area contributed by atoms with Gasteiger partial charge in [0.1, 0.15) is 0 Å². The summed E-state index contributed by atoms with van der Waals surface area (Å²) in [6, 6.07) is 0. The topological polar surface area (TPSA) is 0 Å². The molecule has 0 aromatic heterocycles. The van der Waals surface area contributed by atoms with Crippen molar-refractivity contribution in [3.63, 3.8) is 0 Å². The first-order valence-corrected chi connectivity index (χ1v) is 5.91. The zero-order valence-electron chi connectivity index (χ0n) is 12.7. The van der Waals surface area contributed by atoms with Gasteiger partial charge in [-0.05, 0) is 0 Å². The number of hydrogen-bond acceptors (Lipinski definition) is 0. The van der Waals surface area contributed by atoms with Crippen molar-refractivity contribution in [1.29, 1.82) is 0 Å². The summed E-state index contributed by atoms with van der Waals surface area (Å²) in [6.45, 7) is 12.9. The second kappa shape index (κ2) is 11.0. The Kier molecular flexibility index (Phi) is 14.0. The van der Waals surface area contributed by atoms with Crippen LogP contribution in [-0.2, 0) is 21.7 Å². The first-order valence-electron chi connectivity index (χ1n) is 5.91. The third kappa shape index (κ3) is 7.00. The van der Waals surface area contributed by atoms with E-state index in [0.717, 1.165) is 12.8 Å². The van der Waals surface area contributed by atoms with Crippen LogP contribution in [0.4, 0.5) is 0 Å². The van der Waals surface area contributed by atoms with Crippen molar-refractivity contribution in [1.82, 2.24) is 0 Å². The summed E-state index contributed by atoms with van der Waals surface area (Å²) in [4.78, 5) is 0. The molecular formula is C16H24Cl2Ti. The molecule has 0 radical (unpaired) electrons. The maximum absolute atomic E-state index is 3.26. The van der Waals surface area contributed by atoms with Crippen molar-refractivity contribution < 1.29 is 21.7 Å². The minimum Gasteiger partial charge on any atom is -0.269 e. The second-order valence-corrected chi connectivity index (χ2v) is 4.77. The maximum atomic E-state index is 3.26. The monoisotopic (exact) mass is 334 g/mol. The molecule has 0 atom stereocenters. The van der Waals surface area contributed by atoms with Gasteiger partial charge in [0, 0.05) is 0 Å². The molecule has 2 aliphatic carbocycles. The quantitative estimate of drug-likeness (QED) is 0.388. The van der Waals surface area contributed by atoms with Crippen LogP contribution >= 0.6 is 24.8 Å². The van der Waals surface area contributed by atoms with Gasteiger partial charge in [-0.15, -0.1) is 51.5 Å². The standard InChI is InChI=1S/2C8H11.2ClH.Ti/c2*1-6-4-5-7(2)8(6)3;;;/h2*4H2,1-3H3;2*1H;/q2*-1;;;+2. The van der Waals surface area contributed by atoms with E-state index in [-0.39, 0.29) is 46.5 Å². The molecule has 0 nitrogen and oxygen atoms in total. The Morgan fingerprint density at radius 3 is 0.947 bits per heavy atom. The van der Waals surface area contributed by atoms with Crippen molar-refractivity contribution in [2.24, 2.45) is 0 Å². The summed E-state index contributed by atoms with van der Waals surface area (Å²) in [5.74, 6) is 0. The summed E-state index contributed by atoms with van der Waals surface area (Å²) < 4.78 is 0. The van der Waals surface area contributed by atoms with E-state index in [2.05, 4.69) is 53.7 Å². The summed E-state index contributed by atoms with van der Waals surface area (Å²) in [5, 5.41) is 0. The van der Waals surface area contributed by atoms with Gasteiger partial charge in [-0.1, -0.05) is 27.7 Å². The van der Waals surface area contributed by atoms with Crippen LogP contribution in [0.25, 0.3) is 0 Å². The van der Waals surface area contributed by atoms with Gasteiger partial charge in [0.2, 0.25) is 0 Å². The van der Waals surface area contributed by atoms with E-state index in [0.29, 0.717) is 0 Å². The van der Waals surface area contributed by atoms with Crippen LogP contribution in [0.5, 0.6) is 0 Å². The van der Waals surface area contributed by atoms with E-state index in [4.69, 9.17) is 0 Å². The van der Waals surface area contributed by atoms with Gasteiger partial charge in [-0.25, -0.2) is 11.1 Å². The third-order valence-electron chi connectivity index (χ3n) is 3.64. The molecule has 0 aromatic carbocycles. The van der Waals surface area contributed by atoms with Gasteiger partial charge >= 0.3 is 21.7 Å². The van der Waals surface area contributed by atoms with Crippen molar-refractivity contribution >= 4 is 24.8 Å². The molecule has 0 saturated heterocycles. The first kappa shape index (κ1) is 24.3. The van der Waals surface area contributed by atoms with Crippen LogP contribution in [0.15, 0.2) is 33.4 Å². The van der Waals surface area contributed by atoms with Crippen molar-refractivity contribution in [3.8, 4) is 0 Å². The number of hydrogen-bond donors (Lipinski definition) is 0. The SMILES string of the molecule is CC1=[C-]CC(C)=C1C.CC1=[C-]CC(C)=C1C.Cl.Cl.[Ti+2]. The van der Waals surface area contributed by atoms with Crippen molar-refractivity contribution in [2.45, 2.75) is 54.4 Å². The maximum Gasteiger partial charge on any atom is 2.00 e. The molecule has 0 amide bonds. The fourth-order valence-electron chi connectivity index (χ4n) is 1.70. The molecule has 0 N–H and O–H groups in total. The Hall–Kier alpha value is 0.254. The summed E-state index contributed by atoms with van der Waals surface area (Å²) in [6.07, 6.45) is 8.63. The predicted molar refractivity (Wildman–Crippen MR) is 85.3 cm³/mol.